The molecular weight excluding hydrogens is 477 g/mol. The van der Waals surface area contributed by atoms with E-state index < -0.39 is 37.7 Å². The number of nitrogens with zero attached hydrogens (tertiary/aromatic N) is 2. The molecular formula is C19H14ClF3N2O4S2. The average Bonchev–Trinajstić information content (AvgIpc) is 3.14. The van der Waals surface area contributed by atoms with Crippen molar-refractivity contribution < 1.29 is 31.1 Å². The summed E-state index contributed by atoms with van der Waals surface area (Å²) in [5, 5.41) is 0.0985. The van der Waals surface area contributed by atoms with Crippen molar-refractivity contribution in [2.75, 3.05) is 11.4 Å². The first-order valence-electron chi connectivity index (χ1n) is 8.50. The molecule has 2 aromatic carbocycles. The van der Waals surface area contributed by atoms with Gasteiger partial charge in [0.25, 0.3) is 10.0 Å². The van der Waals surface area contributed by atoms with Gasteiger partial charge in [-0.05, 0) is 49.4 Å². The van der Waals surface area contributed by atoms with Gasteiger partial charge in [0.1, 0.15) is 10.6 Å². The molecule has 0 bridgehead atoms. The first kappa shape index (κ1) is 23.0. The quantitative estimate of drug-likeness (QED) is 0.364. The van der Waals surface area contributed by atoms with Crippen LogP contribution >= 0.6 is 22.9 Å². The van der Waals surface area contributed by atoms with Crippen molar-refractivity contribution in [3.63, 3.8) is 0 Å². The fourth-order valence-electron chi connectivity index (χ4n) is 2.52. The highest BCUT2D eigenvalue weighted by Gasteiger charge is 2.35. The molecule has 0 saturated carbocycles. The van der Waals surface area contributed by atoms with Gasteiger partial charge in [-0.25, -0.2) is 18.2 Å². The minimum absolute atomic E-state index is 0.150. The molecule has 0 radical (unpaired) electrons. The van der Waals surface area contributed by atoms with Gasteiger partial charge in [-0.2, -0.15) is 13.2 Å². The minimum atomic E-state index is -4.80. The third-order valence-corrected chi connectivity index (χ3v) is 7.14. The van der Waals surface area contributed by atoms with Crippen molar-refractivity contribution in [1.29, 1.82) is 0 Å². The maximum absolute atomic E-state index is 13.1. The zero-order valence-electron chi connectivity index (χ0n) is 16.0. The number of esters is 1. The molecule has 0 N–H and O–H groups in total. The second-order valence-electron chi connectivity index (χ2n) is 6.24. The predicted octanol–water partition coefficient (Wildman–Crippen LogP) is 5.17. The van der Waals surface area contributed by atoms with Crippen molar-refractivity contribution >= 4 is 44.6 Å². The highest BCUT2D eigenvalue weighted by atomic mass is 35.5. The third-order valence-electron chi connectivity index (χ3n) is 4.13. The smallest absolute Gasteiger partial charge is 0.417 e. The molecule has 0 spiro atoms. The van der Waals surface area contributed by atoms with E-state index in [1.165, 1.54) is 48.8 Å². The van der Waals surface area contributed by atoms with E-state index in [4.69, 9.17) is 16.3 Å². The molecule has 164 valence electrons. The number of sulfonamides is 1. The van der Waals surface area contributed by atoms with Crippen LogP contribution in [0.2, 0.25) is 5.02 Å². The highest BCUT2D eigenvalue weighted by Crippen LogP contribution is 2.36. The summed E-state index contributed by atoms with van der Waals surface area (Å²) in [5.74, 6) is -0.448. The normalized spacial score (nSPS) is 11.9. The van der Waals surface area contributed by atoms with E-state index >= 15 is 0 Å². The van der Waals surface area contributed by atoms with Crippen LogP contribution in [0, 0.1) is 6.92 Å². The fourth-order valence-corrected chi connectivity index (χ4v) is 4.62. The Labute approximate surface area is 184 Å². The minimum Gasteiger partial charge on any atom is -0.422 e. The summed E-state index contributed by atoms with van der Waals surface area (Å²) in [7, 11) is -3.11. The van der Waals surface area contributed by atoms with E-state index in [1.54, 1.807) is 6.92 Å². The zero-order valence-corrected chi connectivity index (χ0v) is 18.4. The van der Waals surface area contributed by atoms with Gasteiger partial charge < -0.3 is 4.74 Å². The lowest BCUT2D eigenvalue weighted by molar-refractivity contribution is -0.137. The number of carbonyl (C=O) groups excluding carboxylic acids is 1. The molecule has 0 saturated heterocycles. The second-order valence-corrected chi connectivity index (χ2v) is 9.85. The second kappa shape index (κ2) is 8.48. The van der Waals surface area contributed by atoms with Gasteiger partial charge in [-0.1, -0.05) is 11.6 Å². The summed E-state index contributed by atoms with van der Waals surface area (Å²) in [4.78, 5) is 15.8. The Kier molecular flexibility index (Phi) is 6.30. The average molecular weight is 491 g/mol. The number of alkyl halides is 3. The highest BCUT2D eigenvalue weighted by molar-refractivity contribution is 7.92. The van der Waals surface area contributed by atoms with Gasteiger partial charge in [-0.3, -0.25) is 4.31 Å². The molecule has 6 nitrogen and oxygen atoms in total. The van der Waals surface area contributed by atoms with Gasteiger partial charge in [0.15, 0.2) is 0 Å². The molecule has 0 aliphatic heterocycles. The van der Waals surface area contributed by atoms with Gasteiger partial charge in [0.2, 0.25) is 0 Å². The number of rotatable bonds is 5. The Hall–Kier alpha value is -2.63. The SMILES string of the molecule is Cc1ncc(C(=O)Oc2ccc(N(C)S(=O)(=O)c3ccc(Cl)c(C(F)(F)F)c3)cc2)s1. The monoisotopic (exact) mass is 490 g/mol. The number of halogens is 4. The lowest BCUT2D eigenvalue weighted by Crippen LogP contribution is -2.27. The Morgan fingerprint density at radius 3 is 2.35 bits per heavy atom. The fraction of sp³-hybridized carbons (Fsp3) is 0.158. The van der Waals surface area contributed by atoms with Crippen molar-refractivity contribution in [2.45, 2.75) is 18.0 Å². The largest absolute Gasteiger partial charge is 0.422 e. The van der Waals surface area contributed by atoms with Gasteiger partial charge in [0, 0.05) is 7.05 Å². The van der Waals surface area contributed by atoms with E-state index in [9.17, 15) is 26.4 Å². The molecule has 3 rings (SSSR count). The number of thiazole rings is 1. The standard InChI is InChI=1S/C19H14ClF3N2O4S2/c1-11-24-10-17(30-11)18(26)29-13-5-3-12(4-6-13)25(2)31(27,28)14-7-8-16(20)15(9-14)19(21,22)23/h3-10H,1-2H3. The molecule has 31 heavy (non-hydrogen) atoms. The van der Waals surface area contributed by atoms with Gasteiger partial charge in [0.05, 0.1) is 32.4 Å². The molecule has 0 aliphatic rings. The maximum atomic E-state index is 13.1. The molecule has 12 heteroatoms. The first-order valence-corrected chi connectivity index (χ1v) is 11.1. The number of anilines is 1. The van der Waals surface area contributed by atoms with E-state index in [-0.39, 0.29) is 11.4 Å². The molecule has 0 atom stereocenters. The van der Waals surface area contributed by atoms with Crippen LogP contribution in [0.1, 0.15) is 20.2 Å². The van der Waals surface area contributed by atoms with Crippen LogP contribution in [-0.2, 0) is 16.2 Å². The summed E-state index contributed by atoms with van der Waals surface area (Å²) in [5.41, 5.74) is -1.10. The first-order chi connectivity index (χ1) is 14.4. The van der Waals surface area contributed by atoms with Crippen LogP contribution in [0.5, 0.6) is 5.75 Å². The van der Waals surface area contributed by atoms with Crippen LogP contribution in [0.25, 0.3) is 0 Å². The van der Waals surface area contributed by atoms with E-state index in [2.05, 4.69) is 4.98 Å². The van der Waals surface area contributed by atoms with Crippen molar-refractivity contribution in [3.05, 3.63) is 69.1 Å². The Morgan fingerprint density at radius 2 is 1.81 bits per heavy atom. The number of carbonyl (C=O) groups is 1. The molecule has 1 aromatic heterocycles. The number of aromatic nitrogens is 1. The molecule has 0 unspecified atom stereocenters. The zero-order chi connectivity index (χ0) is 23.0. The summed E-state index contributed by atoms with van der Waals surface area (Å²) in [6, 6.07) is 7.83. The molecule has 0 amide bonds. The number of hydrogen-bond acceptors (Lipinski definition) is 6. The molecule has 0 aliphatic carbocycles. The van der Waals surface area contributed by atoms with Crippen LogP contribution in [-0.4, -0.2) is 26.4 Å². The van der Waals surface area contributed by atoms with E-state index in [0.29, 0.717) is 16.0 Å². The molecule has 1 heterocycles. The van der Waals surface area contributed by atoms with E-state index in [0.717, 1.165) is 16.4 Å². The van der Waals surface area contributed by atoms with Gasteiger partial charge >= 0.3 is 12.1 Å². The lowest BCUT2D eigenvalue weighted by Gasteiger charge is -2.20. The topological polar surface area (TPSA) is 76.6 Å². The number of hydrogen-bond donors (Lipinski definition) is 0. The Bertz CT molecular complexity index is 1230. The third kappa shape index (κ3) is 5.00. The van der Waals surface area contributed by atoms with Gasteiger partial charge in [-0.15, -0.1) is 11.3 Å². The molecule has 3 aromatic rings. The number of aryl methyl sites for hydroxylation is 1. The van der Waals surface area contributed by atoms with Crippen LogP contribution in [0.3, 0.4) is 0 Å². The predicted molar refractivity (Wildman–Crippen MR) is 110 cm³/mol. The molecule has 0 fully saturated rings. The lowest BCUT2D eigenvalue weighted by atomic mass is 10.2. The number of ether oxygens (including phenoxy) is 1. The maximum Gasteiger partial charge on any atom is 0.417 e. The Balaban J connectivity index is 1.82. The van der Waals surface area contributed by atoms with Crippen LogP contribution < -0.4 is 9.04 Å². The van der Waals surface area contributed by atoms with E-state index in [1.807, 2.05) is 0 Å². The Morgan fingerprint density at radius 1 is 1.16 bits per heavy atom. The van der Waals surface area contributed by atoms with Crippen molar-refractivity contribution in [1.82, 2.24) is 4.98 Å². The summed E-state index contributed by atoms with van der Waals surface area (Å²) in [6.45, 7) is 1.74. The van der Waals surface area contributed by atoms with Crippen molar-refractivity contribution in [2.24, 2.45) is 0 Å². The number of benzene rings is 2. The van der Waals surface area contributed by atoms with Crippen LogP contribution in [0.4, 0.5) is 18.9 Å². The summed E-state index contributed by atoms with van der Waals surface area (Å²) in [6.07, 6.45) is -3.41. The van der Waals surface area contributed by atoms with Crippen molar-refractivity contribution in [3.8, 4) is 5.75 Å². The van der Waals surface area contributed by atoms with Crippen LogP contribution in [0.15, 0.2) is 53.6 Å². The summed E-state index contributed by atoms with van der Waals surface area (Å²) < 4.78 is 70.8. The summed E-state index contributed by atoms with van der Waals surface area (Å²) >= 11 is 6.72.